The maximum Gasteiger partial charge on any atom is 0.348 e. The zero-order valence-corrected chi connectivity index (χ0v) is 16.7. The molecule has 0 radical (unpaired) electrons. The molecule has 0 saturated carbocycles. The molecule has 4 aromatic rings. The Morgan fingerprint density at radius 2 is 1.72 bits per heavy atom. The minimum absolute atomic E-state index is 0.0971. The van der Waals surface area contributed by atoms with Gasteiger partial charge in [0.05, 0.1) is 11.4 Å². The van der Waals surface area contributed by atoms with E-state index >= 15 is 0 Å². The van der Waals surface area contributed by atoms with E-state index in [9.17, 15) is 14.7 Å². The van der Waals surface area contributed by atoms with Gasteiger partial charge in [-0.1, -0.05) is 77.6 Å². The number of benzene rings is 2. The molecule has 5 nitrogen and oxygen atoms in total. The van der Waals surface area contributed by atoms with E-state index in [-0.39, 0.29) is 10.4 Å². The summed E-state index contributed by atoms with van der Waals surface area (Å²) >= 11 is 1.01. The molecule has 2 aromatic heterocycles. The second-order valence-corrected chi connectivity index (χ2v) is 7.72. The van der Waals surface area contributed by atoms with Crippen molar-refractivity contribution in [3.63, 3.8) is 0 Å². The van der Waals surface area contributed by atoms with Crippen molar-refractivity contribution in [3.8, 4) is 11.3 Å². The Morgan fingerprint density at radius 1 is 1.03 bits per heavy atom. The summed E-state index contributed by atoms with van der Waals surface area (Å²) in [4.78, 5) is 30.0. The van der Waals surface area contributed by atoms with E-state index in [4.69, 9.17) is 0 Å². The summed E-state index contributed by atoms with van der Waals surface area (Å²) in [6.07, 6.45) is 3.69. The summed E-state index contributed by atoms with van der Waals surface area (Å²) in [6.45, 7) is 3.73. The fraction of sp³-hybridized carbons (Fsp3) is 0.0870. The molecule has 1 N–H and O–H groups in total. The summed E-state index contributed by atoms with van der Waals surface area (Å²) in [5.74, 6) is -1.08. The van der Waals surface area contributed by atoms with Crippen LogP contribution in [-0.2, 0) is 0 Å². The predicted octanol–water partition coefficient (Wildman–Crippen LogP) is 4.91. The molecule has 144 valence electrons. The highest BCUT2D eigenvalue weighted by Crippen LogP contribution is 2.30. The Bertz CT molecular complexity index is 1300. The number of rotatable bonds is 4. The highest BCUT2D eigenvalue weighted by molar-refractivity contribution is 7.19. The maximum atomic E-state index is 13.1. The quantitative estimate of drug-likeness (QED) is 0.527. The smallest absolute Gasteiger partial charge is 0.348 e. The van der Waals surface area contributed by atoms with E-state index in [1.165, 1.54) is 9.96 Å². The Balaban J connectivity index is 1.91. The van der Waals surface area contributed by atoms with Crippen molar-refractivity contribution in [2.75, 3.05) is 0 Å². The largest absolute Gasteiger partial charge is 0.477 e. The lowest BCUT2D eigenvalue weighted by molar-refractivity contribution is 0.0702. The number of carboxylic acid groups (broad SMARTS) is 1. The number of nitrogens with zero attached hydrogens (tertiary/aromatic N) is 2. The molecule has 0 amide bonds. The normalized spacial score (nSPS) is 11.4. The van der Waals surface area contributed by atoms with Crippen molar-refractivity contribution in [2.45, 2.75) is 13.8 Å². The van der Waals surface area contributed by atoms with Crippen molar-refractivity contribution in [1.29, 1.82) is 0 Å². The van der Waals surface area contributed by atoms with Crippen molar-refractivity contribution in [1.82, 2.24) is 9.38 Å². The molecule has 4 rings (SSSR count). The molecule has 0 bridgehead atoms. The van der Waals surface area contributed by atoms with Gasteiger partial charge in [-0.2, -0.15) is 0 Å². The Labute approximate surface area is 171 Å². The first-order chi connectivity index (χ1) is 14.0. The first-order valence-electron chi connectivity index (χ1n) is 9.05. The van der Waals surface area contributed by atoms with E-state index in [2.05, 4.69) is 4.98 Å². The van der Waals surface area contributed by atoms with Gasteiger partial charge in [0, 0.05) is 11.1 Å². The first kappa shape index (κ1) is 18.8. The lowest BCUT2D eigenvalue weighted by atomic mass is 10.1. The topological polar surface area (TPSA) is 71.7 Å². The summed E-state index contributed by atoms with van der Waals surface area (Å²) in [5, 5.41) is 9.69. The molecule has 0 fully saturated rings. The molecule has 2 aromatic carbocycles. The summed E-state index contributed by atoms with van der Waals surface area (Å²) in [7, 11) is 0. The van der Waals surface area contributed by atoms with Crippen LogP contribution in [0.4, 0.5) is 0 Å². The number of thiazole rings is 1. The van der Waals surface area contributed by atoms with Gasteiger partial charge in [-0.3, -0.25) is 4.79 Å². The Morgan fingerprint density at radius 3 is 2.38 bits per heavy atom. The van der Waals surface area contributed by atoms with Gasteiger partial charge < -0.3 is 5.11 Å². The van der Waals surface area contributed by atoms with Crippen LogP contribution in [0.3, 0.4) is 0 Å². The number of aromatic carboxylic acids is 1. The highest BCUT2D eigenvalue weighted by atomic mass is 32.1. The SMILES string of the molecule is Cc1ccc(C=Cc2nc3sc(C(=O)O)c(-c4ccccc4)n3c(=O)c2C)cc1. The minimum Gasteiger partial charge on any atom is -0.477 e. The lowest BCUT2D eigenvalue weighted by Crippen LogP contribution is -2.19. The number of hydrogen-bond donors (Lipinski definition) is 1. The number of aryl methyl sites for hydroxylation is 1. The van der Waals surface area contributed by atoms with Crippen molar-refractivity contribution < 1.29 is 9.90 Å². The minimum atomic E-state index is -1.08. The molecular weight excluding hydrogens is 384 g/mol. The van der Waals surface area contributed by atoms with Crippen LogP contribution < -0.4 is 5.56 Å². The van der Waals surface area contributed by atoms with Gasteiger partial charge in [0.25, 0.3) is 5.56 Å². The van der Waals surface area contributed by atoms with Gasteiger partial charge in [-0.05, 0) is 25.5 Å². The molecule has 0 spiro atoms. The van der Waals surface area contributed by atoms with E-state index in [0.29, 0.717) is 27.5 Å². The molecular formula is C23H18N2O3S. The first-order valence-corrected chi connectivity index (χ1v) is 9.87. The second kappa shape index (κ2) is 7.48. The maximum absolute atomic E-state index is 13.1. The van der Waals surface area contributed by atoms with Crippen molar-refractivity contribution >= 4 is 34.4 Å². The molecule has 2 heterocycles. The Kier molecular flexibility index (Phi) is 4.86. The van der Waals surface area contributed by atoms with Crippen LogP contribution in [-0.4, -0.2) is 20.5 Å². The average Bonchev–Trinajstić information content (AvgIpc) is 3.11. The van der Waals surface area contributed by atoms with Gasteiger partial charge in [0.2, 0.25) is 0 Å². The molecule has 0 atom stereocenters. The number of fused-ring (bicyclic) bond motifs is 1. The van der Waals surface area contributed by atoms with E-state index < -0.39 is 5.97 Å². The van der Waals surface area contributed by atoms with Crippen LogP contribution in [0.5, 0.6) is 0 Å². The number of hydrogen-bond acceptors (Lipinski definition) is 4. The molecule has 0 unspecified atom stereocenters. The van der Waals surface area contributed by atoms with Gasteiger partial charge in [0.1, 0.15) is 4.88 Å². The van der Waals surface area contributed by atoms with Gasteiger partial charge in [-0.25, -0.2) is 14.2 Å². The number of aromatic nitrogens is 2. The van der Waals surface area contributed by atoms with Crippen LogP contribution in [0.15, 0.2) is 59.4 Å². The van der Waals surface area contributed by atoms with Crippen LogP contribution in [0.2, 0.25) is 0 Å². The third-order valence-corrected chi connectivity index (χ3v) is 5.73. The molecule has 0 saturated heterocycles. The van der Waals surface area contributed by atoms with Gasteiger partial charge in [-0.15, -0.1) is 0 Å². The lowest BCUT2D eigenvalue weighted by Gasteiger charge is -2.05. The van der Waals surface area contributed by atoms with Crippen molar-refractivity contribution in [3.05, 3.63) is 92.2 Å². The molecule has 0 aliphatic carbocycles. The zero-order valence-electron chi connectivity index (χ0n) is 15.9. The average molecular weight is 402 g/mol. The summed E-state index contributed by atoms with van der Waals surface area (Å²) in [5.41, 5.74) is 3.95. The fourth-order valence-electron chi connectivity index (χ4n) is 3.12. The van der Waals surface area contributed by atoms with Gasteiger partial charge in [0.15, 0.2) is 4.96 Å². The van der Waals surface area contributed by atoms with E-state index in [0.717, 1.165) is 16.9 Å². The Hall–Kier alpha value is -3.51. The summed E-state index contributed by atoms with van der Waals surface area (Å²) in [6, 6.07) is 17.1. The molecule has 29 heavy (non-hydrogen) atoms. The van der Waals surface area contributed by atoms with Crippen LogP contribution in [0, 0.1) is 13.8 Å². The number of carboxylic acids is 1. The standard InChI is InChI=1S/C23H18N2O3S/c1-14-8-10-16(11-9-14)12-13-18-15(2)21(26)25-19(17-6-4-3-5-7-17)20(22(27)28)29-23(25)24-18/h3-13H,1-2H3,(H,27,28). The molecule has 0 aliphatic heterocycles. The van der Waals surface area contributed by atoms with Crippen molar-refractivity contribution in [2.24, 2.45) is 0 Å². The summed E-state index contributed by atoms with van der Waals surface area (Å²) < 4.78 is 1.40. The predicted molar refractivity (Wildman–Crippen MR) is 117 cm³/mol. The van der Waals surface area contributed by atoms with E-state index in [1.54, 1.807) is 25.1 Å². The monoisotopic (exact) mass is 402 g/mol. The molecule has 6 heteroatoms. The van der Waals surface area contributed by atoms with Crippen LogP contribution in [0.1, 0.15) is 32.1 Å². The molecule has 0 aliphatic rings. The van der Waals surface area contributed by atoms with Gasteiger partial charge >= 0.3 is 5.97 Å². The van der Waals surface area contributed by atoms with Crippen LogP contribution in [0.25, 0.3) is 28.4 Å². The number of carbonyl (C=O) groups is 1. The fourth-order valence-corrected chi connectivity index (χ4v) is 4.11. The third-order valence-electron chi connectivity index (χ3n) is 4.70. The van der Waals surface area contributed by atoms with Crippen LogP contribution >= 0.6 is 11.3 Å². The highest BCUT2D eigenvalue weighted by Gasteiger charge is 2.22. The second-order valence-electron chi connectivity index (χ2n) is 6.74. The zero-order chi connectivity index (χ0) is 20.5. The third kappa shape index (κ3) is 3.50. The van der Waals surface area contributed by atoms with E-state index in [1.807, 2.05) is 55.5 Å².